The van der Waals surface area contributed by atoms with Crippen molar-refractivity contribution in [2.45, 2.75) is 38.0 Å². The molecule has 3 aromatic rings. The Kier molecular flexibility index (Phi) is 4.85. The van der Waals surface area contributed by atoms with Crippen molar-refractivity contribution in [3.05, 3.63) is 65.0 Å². The number of anilines is 2. The van der Waals surface area contributed by atoms with Crippen molar-refractivity contribution in [2.24, 2.45) is 0 Å². The van der Waals surface area contributed by atoms with E-state index in [0.29, 0.717) is 48.6 Å². The lowest BCUT2D eigenvalue weighted by molar-refractivity contribution is -0.118. The van der Waals surface area contributed by atoms with Crippen molar-refractivity contribution in [3.63, 3.8) is 0 Å². The largest absolute Gasteiger partial charge is 0.424 e. The Hall–Kier alpha value is -3.46. The number of carbonyl (C=O) groups is 1. The number of rotatable bonds is 5. The van der Waals surface area contributed by atoms with Gasteiger partial charge in [0.15, 0.2) is 0 Å². The molecular formula is C23H22N4O4S. The first-order chi connectivity index (χ1) is 15.3. The highest BCUT2D eigenvalue weighted by molar-refractivity contribution is 7.92. The van der Waals surface area contributed by atoms with Gasteiger partial charge in [0.2, 0.25) is 5.91 Å². The van der Waals surface area contributed by atoms with Crippen LogP contribution < -0.4 is 14.4 Å². The molecule has 32 heavy (non-hydrogen) atoms. The summed E-state index contributed by atoms with van der Waals surface area (Å²) < 4.78 is 34.8. The molecule has 0 unspecified atom stereocenters. The van der Waals surface area contributed by atoms with Crippen LogP contribution in [0.2, 0.25) is 0 Å². The van der Waals surface area contributed by atoms with Crippen LogP contribution in [0.5, 0.6) is 11.8 Å². The minimum Gasteiger partial charge on any atom is -0.424 e. The van der Waals surface area contributed by atoms with Gasteiger partial charge in [-0.3, -0.25) is 9.52 Å². The van der Waals surface area contributed by atoms with Gasteiger partial charge in [-0.15, -0.1) is 0 Å². The number of ether oxygens (including phenoxy) is 1. The third kappa shape index (κ3) is 3.58. The third-order valence-corrected chi connectivity index (χ3v) is 7.10. The van der Waals surface area contributed by atoms with Crippen LogP contribution in [0.4, 0.5) is 11.4 Å². The Morgan fingerprint density at radius 2 is 1.62 bits per heavy atom. The van der Waals surface area contributed by atoms with Crippen LogP contribution in [0.15, 0.2) is 47.4 Å². The van der Waals surface area contributed by atoms with Crippen molar-refractivity contribution >= 4 is 27.3 Å². The van der Waals surface area contributed by atoms with Gasteiger partial charge in [0.1, 0.15) is 5.75 Å². The van der Waals surface area contributed by atoms with Crippen molar-refractivity contribution in [3.8, 4) is 11.8 Å². The summed E-state index contributed by atoms with van der Waals surface area (Å²) in [5.41, 5.74) is 3.94. The third-order valence-electron chi connectivity index (χ3n) is 5.77. The zero-order valence-electron chi connectivity index (χ0n) is 17.8. The first-order valence-electron chi connectivity index (χ1n) is 10.4. The van der Waals surface area contributed by atoms with E-state index in [4.69, 9.17) is 4.74 Å². The second-order valence-corrected chi connectivity index (χ2v) is 9.64. The van der Waals surface area contributed by atoms with Gasteiger partial charge in [0.25, 0.3) is 10.0 Å². The summed E-state index contributed by atoms with van der Waals surface area (Å²) in [6.07, 6.45) is 1.61. The fourth-order valence-electron chi connectivity index (χ4n) is 4.25. The van der Waals surface area contributed by atoms with Crippen molar-refractivity contribution < 1.29 is 17.9 Å². The van der Waals surface area contributed by atoms with Gasteiger partial charge in [0, 0.05) is 13.0 Å². The molecule has 1 aromatic heterocycles. The maximum Gasteiger partial charge on any atom is 0.322 e. The summed E-state index contributed by atoms with van der Waals surface area (Å²) in [4.78, 5) is 22.7. The number of hydrogen-bond donors (Lipinski definition) is 1. The Morgan fingerprint density at radius 3 is 2.31 bits per heavy atom. The average Bonchev–Trinajstić information content (AvgIpc) is 3.20. The molecule has 0 spiro atoms. The molecule has 1 amide bonds. The highest BCUT2D eigenvalue weighted by Crippen LogP contribution is 2.39. The Bertz CT molecular complexity index is 1320. The number of benzene rings is 2. The molecule has 0 saturated heterocycles. The van der Waals surface area contributed by atoms with Crippen LogP contribution in [0.1, 0.15) is 28.9 Å². The molecule has 0 fully saturated rings. The van der Waals surface area contributed by atoms with Crippen molar-refractivity contribution in [2.75, 3.05) is 16.2 Å². The van der Waals surface area contributed by atoms with Gasteiger partial charge in [-0.05, 0) is 62.1 Å². The van der Waals surface area contributed by atoms with E-state index >= 15 is 0 Å². The molecule has 9 heteroatoms. The molecule has 2 aromatic carbocycles. The van der Waals surface area contributed by atoms with E-state index in [2.05, 4.69) is 14.7 Å². The molecule has 3 heterocycles. The fraction of sp³-hybridized carbons (Fsp3) is 0.261. The van der Waals surface area contributed by atoms with Gasteiger partial charge in [-0.25, -0.2) is 8.42 Å². The van der Waals surface area contributed by atoms with Gasteiger partial charge >= 0.3 is 6.01 Å². The molecule has 0 atom stereocenters. The topological polar surface area (TPSA) is 101 Å². The summed E-state index contributed by atoms with van der Waals surface area (Å²) in [6, 6.07) is 12.6. The average molecular weight is 451 g/mol. The summed E-state index contributed by atoms with van der Waals surface area (Å²) in [5.74, 6) is 0.699. The van der Waals surface area contributed by atoms with Crippen LogP contribution in [0, 0.1) is 13.8 Å². The molecule has 0 bridgehead atoms. The van der Waals surface area contributed by atoms with Gasteiger partial charge in [-0.1, -0.05) is 18.2 Å². The second kappa shape index (κ2) is 7.59. The summed E-state index contributed by atoms with van der Waals surface area (Å²) in [7, 11) is -3.87. The van der Waals surface area contributed by atoms with Crippen LogP contribution >= 0.6 is 0 Å². The molecule has 8 nitrogen and oxygen atoms in total. The lowest BCUT2D eigenvalue weighted by Crippen LogP contribution is -2.33. The maximum absolute atomic E-state index is 13.2. The lowest BCUT2D eigenvalue weighted by atomic mass is 10.00. The standard InChI is InChI=1S/C23H22N4O4S/c1-14-21(15(2)25-23(24-14)31-18-6-4-3-5-7-18)26-32(29,30)19-12-16-8-9-20(28)27-11-10-17(13-19)22(16)27/h3-7,12-13,26H,8-11H2,1-2H3. The number of amides is 1. The minimum absolute atomic E-state index is 0.103. The number of nitrogens with zero attached hydrogens (tertiary/aromatic N) is 3. The van der Waals surface area contributed by atoms with Crippen molar-refractivity contribution in [1.82, 2.24) is 9.97 Å². The minimum atomic E-state index is -3.87. The summed E-state index contributed by atoms with van der Waals surface area (Å²) in [6.45, 7) is 4.02. The number of hydrogen-bond acceptors (Lipinski definition) is 6. The monoisotopic (exact) mass is 450 g/mol. The van der Waals surface area contributed by atoms with Crippen LogP contribution in [0.3, 0.4) is 0 Å². The molecule has 1 N–H and O–H groups in total. The van der Waals surface area contributed by atoms with Gasteiger partial charge < -0.3 is 9.64 Å². The number of aromatic nitrogens is 2. The molecule has 2 aliphatic heterocycles. The van der Waals surface area contributed by atoms with Crippen molar-refractivity contribution in [1.29, 1.82) is 0 Å². The molecular weight excluding hydrogens is 428 g/mol. The van der Waals surface area contributed by atoms with E-state index in [1.165, 1.54) is 0 Å². The first-order valence-corrected chi connectivity index (χ1v) is 11.9. The zero-order chi connectivity index (χ0) is 22.5. The lowest BCUT2D eigenvalue weighted by Gasteiger charge is -2.25. The number of sulfonamides is 1. The molecule has 0 aliphatic carbocycles. The number of carbonyl (C=O) groups excluding carboxylic acids is 1. The Balaban J connectivity index is 1.45. The number of para-hydroxylation sites is 1. The molecule has 164 valence electrons. The quantitative estimate of drug-likeness (QED) is 0.638. The molecule has 5 rings (SSSR count). The van der Waals surface area contributed by atoms with Crippen LogP contribution in [-0.4, -0.2) is 30.8 Å². The fourth-order valence-corrected chi connectivity index (χ4v) is 5.52. The number of nitrogens with one attached hydrogen (secondary N) is 1. The molecule has 0 saturated carbocycles. The SMILES string of the molecule is Cc1nc(Oc2ccccc2)nc(C)c1NS(=O)(=O)c1cc2c3c(c1)CCN3C(=O)CC2. The first kappa shape index (κ1) is 20.4. The highest BCUT2D eigenvalue weighted by atomic mass is 32.2. The molecule has 2 aliphatic rings. The Morgan fingerprint density at radius 1 is 0.969 bits per heavy atom. The van der Waals surface area contributed by atoms with E-state index in [1.807, 2.05) is 18.2 Å². The normalized spacial score (nSPS) is 14.9. The predicted molar refractivity (Wildman–Crippen MR) is 120 cm³/mol. The zero-order valence-corrected chi connectivity index (χ0v) is 18.6. The van der Waals surface area contributed by atoms with E-state index in [0.717, 1.165) is 16.8 Å². The van der Waals surface area contributed by atoms with E-state index < -0.39 is 10.0 Å². The summed E-state index contributed by atoms with van der Waals surface area (Å²) in [5, 5.41) is 0. The van der Waals surface area contributed by atoms with Crippen LogP contribution in [-0.2, 0) is 27.7 Å². The number of aryl methyl sites for hydroxylation is 3. The van der Waals surface area contributed by atoms with Crippen LogP contribution in [0.25, 0.3) is 0 Å². The second-order valence-electron chi connectivity index (χ2n) is 7.96. The maximum atomic E-state index is 13.2. The van der Waals surface area contributed by atoms with E-state index in [-0.39, 0.29) is 16.8 Å². The smallest absolute Gasteiger partial charge is 0.322 e. The highest BCUT2D eigenvalue weighted by Gasteiger charge is 2.33. The molecule has 0 radical (unpaired) electrons. The van der Waals surface area contributed by atoms with E-state index in [9.17, 15) is 13.2 Å². The van der Waals surface area contributed by atoms with Gasteiger partial charge in [0.05, 0.1) is 27.7 Å². The van der Waals surface area contributed by atoms with Gasteiger partial charge in [-0.2, -0.15) is 9.97 Å². The van der Waals surface area contributed by atoms with E-state index in [1.54, 1.807) is 43.0 Å². The predicted octanol–water partition coefficient (Wildman–Crippen LogP) is 3.52. The summed E-state index contributed by atoms with van der Waals surface area (Å²) >= 11 is 0. The Labute approximate surface area is 186 Å².